The van der Waals surface area contributed by atoms with E-state index in [1.807, 2.05) is 0 Å². The fourth-order valence-corrected chi connectivity index (χ4v) is 3.08. The first-order valence-electron chi connectivity index (χ1n) is 5.70. The van der Waals surface area contributed by atoms with E-state index in [4.69, 9.17) is 11.6 Å². The van der Waals surface area contributed by atoms with E-state index in [0.717, 1.165) is 17.8 Å². The van der Waals surface area contributed by atoms with Gasteiger partial charge in [0.1, 0.15) is 0 Å². The number of piperidine rings is 1. The van der Waals surface area contributed by atoms with Gasteiger partial charge >= 0.3 is 0 Å². The maximum absolute atomic E-state index is 5.93. The van der Waals surface area contributed by atoms with Gasteiger partial charge < -0.3 is 4.90 Å². The van der Waals surface area contributed by atoms with Crippen molar-refractivity contribution in [2.75, 3.05) is 19.0 Å². The first-order chi connectivity index (χ1) is 6.40. The van der Waals surface area contributed by atoms with Crippen LogP contribution in [-0.4, -0.2) is 29.9 Å². The molecule has 2 fully saturated rings. The summed E-state index contributed by atoms with van der Waals surface area (Å²) in [5, 5.41) is 0. The summed E-state index contributed by atoms with van der Waals surface area (Å²) in [6, 6.07) is 0.908. The number of rotatable bonds is 2. The Morgan fingerprint density at radius 2 is 1.85 bits per heavy atom. The predicted molar refractivity (Wildman–Crippen MR) is 57.3 cm³/mol. The van der Waals surface area contributed by atoms with Crippen LogP contribution in [0.4, 0.5) is 0 Å². The van der Waals surface area contributed by atoms with Gasteiger partial charge in [-0.05, 0) is 38.1 Å². The van der Waals surface area contributed by atoms with Crippen molar-refractivity contribution >= 4 is 11.6 Å². The molecule has 2 aliphatic rings. The summed E-state index contributed by atoms with van der Waals surface area (Å²) in [5.41, 5.74) is 0. The van der Waals surface area contributed by atoms with Crippen LogP contribution in [0.2, 0.25) is 0 Å². The van der Waals surface area contributed by atoms with Gasteiger partial charge in [0, 0.05) is 18.5 Å². The molecule has 2 heteroatoms. The summed E-state index contributed by atoms with van der Waals surface area (Å²) >= 11 is 5.93. The molecule has 0 aromatic heterocycles. The Labute approximate surface area is 86.4 Å². The topological polar surface area (TPSA) is 3.24 Å². The lowest BCUT2D eigenvalue weighted by Crippen LogP contribution is -2.41. The maximum Gasteiger partial charge on any atom is 0.0263 e. The zero-order valence-electron chi connectivity index (χ0n) is 8.34. The highest BCUT2D eigenvalue weighted by Gasteiger charge is 2.27. The van der Waals surface area contributed by atoms with Crippen molar-refractivity contribution in [3.8, 4) is 0 Å². The van der Waals surface area contributed by atoms with Crippen molar-refractivity contribution in [2.45, 2.75) is 44.6 Å². The Balaban J connectivity index is 1.84. The monoisotopic (exact) mass is 201 g/mol. The molecule has 76 valence electrons. The van der Waals surface area contributed by atoms with Crippen molar-refractivity contribution in [2.24, 2.45) is 5.92 Å². The molecule has 0 amide bonds. The third-order valence-corrected chi connectivity index (χ3v) is 4.05. The van der Waals surface area contributed by atoms with E-state index in [1.165, 1.54) is 51.6 Å². The lowest BCUT2D eigenvalue weighted by molar-refractivity contribution is 0.133. The van der Waals surface area contributed by atoms with Crippen LogP contribution in [0, 0.1) is 5.92 Å². The number of halogens is 1. The lowest BCUT2D eigenvalue weighted by Gasteiger charge is -2.36. The van der Waals surface area contributed by atoms with E-state index < -0.39 is 0 Å². The molecule has 0 N–H and O–H groups in total. The Morgan fingerprint density at radius 3 is 2.54 bits per heavy atom. The summed E-state index contributed by atoms with van der Waals surface area (Å²) in [5.74, 6) is 1.64. The SMILES string of the molecule is ClC[C@H]1CCCN(C2CCCC2)C1. The van der Waals surface area contributed by atoms with Crippen LogP contribution in [0.15, 0.2) is 0 Å². The van der Waals surface area contributed by atoms with Gasteiger partial charge in [-0.1, -0.05) is 12.8 Å². The number of hydrogen-bond donors (Lipinski definition) is 0. The molecule has 2 rings (SSSR count). The Morgan fingerprint density at radius 1 is 1.08 bits per heavy atom. The number of nitrogens with zero attached hydrogens (tertiary/aromatic N) is 1. The van der Waals surface area contributed by atoms with E-state index >= 15 is 0 Å². The van der Waals surface area contributed by atoms with E-state index in [9.17, 15) is 0 Å². The molecular formula is C11H20ClN. The van der Waals surface area contributed by atoms with Gasteiger partial charge in [0.2, 0.25) is 0 Å². The Kier molecular flexibility index (Phi) is 3.51. The molecule has 0 aromatic rings. The maximum atomic E-state index is 5.93. The molecule has 0 unspecified atom stereocenters. The highest BCUT2D eigenvalue weighted by Crippen LogP contribution is 2.28. The van der Waals surface area contributed by atoms with Gasteiger partial charge in [0.15, 0.2) is 0 Å². The van der Waals surface area contributed by atoms with Crippen LogP contribution in [0.1, 0.15) is 38.5 Å². The van der Waals surface area contributed by atoms with Crippen molar-refractivity contribution in [3.63, 3.8) is 0 Å². The molecule has 1 aliphatic carbocycles. The minimum absolute atomic E-state index is 0.774. The van der Waals surface area contributed by atoms with Gasteiger partial charge in [-0.2, -0.15) is 0 Å². The standard InChI is InChI=1S/C11H20ClN/c12-8-10-4-3-7-13(9-10)11-5-1-2-6-11/h10-11H,1-9H2/t10-/m1/s1. The second-order valence-electron chi connectivity index (χ2n) is 4.60. The smallest absolute Gasteiger partial charge is 0.0263 e. The molecule has 1 aliphatic heterocycles. The number of hydrogen-bond acceptors (Lipinski definition) is 1. The Bertz CT molecular complexity index is 154. The van der Waals surface area contributed by atoms with Crippen molar-refractivity contribution in [1.29, 1.82) is 0 Å². The van der Waals surface area contributed by atoms with Crippen molar-refractivity contribution < 1.29 is 0 Å². The summed E-state index contributed by atoms with van der Waals surface area (Å²) in [4.78, 5) is 2.70. The fraction of sp³-hybridized carbons (Fsp3) is 1.00. The van der Waals surface area contributed by atoms with E-state index in [2.05, 4.69) is 4.90 Å². The predicted octanol–water partition coefficient (Wildman–Crippen LogP) is 2.88. The van der Waals surface area contributed by atoms with E-state index in [1.54, 1.807) is 0 Å². The minimum Gasteiger partial charge on any atom is -0.300 e. The molecule has 1 saturated heterocycles. The van der Waals surface area contributed by atoms with Crippen LogP contribution in [0.3, 0.4) is 0 Å². The van der Waals surface area contributed by atoms with Gasteiger partial charge in [-0.3, -0.25) is 0 Å². The van der Waals surface area contributed by atoms with Crippen LogP contribution in [0.25, 0.3) is 0 Å². The third kappa shape index (κ3) is 2.38. The second-order valence-corrected chi connectivity index (χ2v) is 4.90. The van der Waals surface area contributed by atoms with Crippen LogP contribution in [0.5, 0.6) is 0 Å². The van der Waals surface area contributed by atoms with Gasteiger partial charge in [-0.15, -0.1) is 11.6 Å². The molecule has 0 bridgehead atoms. The lowest BCUT2D eigenvalue weighted by atomic mass is 9.98. The third-order valence-electron chi connectivity index (χ3n) is 3.61. The molecule has 1 heterocycles. The molecule has 0 aromatic carbocycles. The molecule has 1 nitrogen and oxygen atoms in total. The fourth-order valence-electron chi connectivity index (χ4n) is 2.82. The van der Waals surface area contributed by atoms with E-state index in [0.29, 0.717) is 0 Å². The molecular weight excluding hydrogens is 182 g/mol. The summed E-state index contributed by atoms with van der Waals surface area (Å²) in [6.07, 6.45) is 8.50. The normalized spacial score (nSPS) is 32.5. The van der Waals surface area contributed by atoms with Crippen LogP contribution in [-0.2, 0) is 0 Å². The summed E-state index contributed by atoms with van der Waals surface area (Å²) < 4.78 is 0. The number of likely N-dealkylation sites (tertiary alicyclic amines) is 1. The summed E-state index contributed by atoms with van der Waals surface area (Å²) in [6.45, 7) is 2.60. The summed E-state index contributed by atoms with van der Waals surface area (Å²) in [7, 11) is 0. The van der Waals surface area contributed by atoms with Gasteiger partial charge in [0.05, 0.1) is 0 Å². The molecule has 1 saturated carbocycles. The quantitative estimate of drug-likeness (QED) is 0.622. The highest BCUT2D eigenvalue weighted by atomic mass is 35.5. The van der Waals surface area contributed by atoms with Gasteiger partial charge in [-0.25, -0.2) is 0 Å². The molecule has 0 spiro atoms. The number of alkyl halides is 1. The minimum atomic E-state index is 0.774. The zero-order valence-corrected chi connectivity index (χ0v) is 9.10. The molecule has 0 radical (unpaired) electrons. The Hall–Kier alpha value is 0.250. The first kappa shape index (κ1) is 9.79. The van der Waals surface area contributed by atoms with Crippen LogP contribution < -0.4 is 0 Å². The van der Waals surface area contributed by atoms with E-state index in [-0.39, 0.29) is 0 Å². The average Bonchev–Trinajstić information content (AvgIpc) is 2.71. The molecule has 13 heavy (non-hydrogen) atoms. The second kappa shape index (κ2) is 4.65. The van der Waals surface area contributed by atoms with Crippen LogP contribution >= 0.6 is 11.6 Å². The van der Waals surface area contributed by atoms with Crippen molar-refractivity contribution in [1.82, 2.24) is 4.90 Å². The van der Waals surface area contributed by atoms with Crippen molar-refractivity contribution in [3.05, 3.63) is 0 Å². The van der Waals surface area contributed by atoms with Gasteiger partial charge in [0.25, 0.3) is 0 Å². The zero-order chi connectivity index (χ0) is 9.10. The molecule has 1 atom stereocenters. The first-order valence-corrected chi connectivity index (χ1v) is 6.23. The average molecular weight is 202 g/mol. The largest absolute Gasteiger partial charge is 0.300 e. The highest BCUT2D eigenvalue weighted by molar-refractivity contribution is 6.18.